The Bertz CT molecular complexity index is 316. The molecule has 0 bridgehead atoms. The first-order chi connectivity index (χ1) is 9.38. The van der Waals surface area contributed by atoms with E-state index in [-0.39, 0.29) is 0 Å². The summed E-state index contributed by atoms with van der Waals surface area (Å²) in [7, 11) is -5.72. The molecule has 6 heteroatoms. The number of hydrogen-bond donors (Lipinski definition) is 0. The molecule has 0 heterocycles. The molecule has 0 aromatic carbocycles. The number of allylic oxidation sites excluding steroid dienone is 2. The van der Waals surface area contributed by atoms with E-state index >= 15 is 0 Å². The number of rotatable bonds is 8. The summed E-state index contributed by atoms with van der Waals surface area (Å²) < 4.78 is 13.1. The third kappa shape index (κ3) is 12.7. The summed E-state index contributed by atoms with van der Waals surface area (Å²) in [5, 5.41) is 0. The van der Waals surface area contributed by atoms with Gasteiger partial charge in [0.2, 0.25) is 16.6 Å². The van der Waals surface area contributed by atoms with Gasteiger partial charge in [0, 0.05) is 12.1 Å². The third-order valence-corrected chi connectivity index (χ3v) is 7.03. The van der Waals surface area contributed by atoms with Crippen LogP contribution < -0.4 is 0 Å². The highest BCUT2D eigenvalue weighted by molar-refractivity contribution is 6.78. The molecule has 0 radical (unpaired) electrons. The van der Waals surface area contributed by atoms with Gasteiger partial charge in [0.1, 0.15) is 11.5 Å². The highest BCUT2D eigenvalue weighted by atomic mass is 28.4. The molecule has 132 valence electrons. The Morgan fingerprint density at radius 3 is 0.864 bits per heavy atom. The van der Waals surface area contributed by atoms with Gasteiger partial charge in [-0.2, -0.15) is 0 Å². The maximum absolute atomic E-state index is 6.54. The van der Waals surface area contributed by atoms with E-state index in [4.69, 9.17) is 8.85 Å². The molecule has 0 aliphatic rings. The maximum Gasteiger partial charge on any atom is 0.241 e. The first-order valence-corrected chi connectivity index (χ1v) is 22.7. The van der Waals surface area contributed by atoms with Crippen molar-refractivity contribution in [2.24, 2.45) is 0 Å². The zero-order valence-corrected chi connectivity index (χ0v) is 21.2. The van der Waals surface area contributed by atoms with Gasteiger partial charge >= 0.3 is 0 Å². The van der Waals surface area contributed by atoms with Gasteiger partial charge in [-0.05, 0) is 39.3 Å². The lowest BCUT2D eigenvalue weighted by atomic mass is 10.5. The van der Waals surface area contributed by atoms with E-state index in [1.807, 2.05) is 0 Å². The Hall–Kier alpha value is 0.208. The van der Waals surface area contributed by atoms with Crippen molar-refractivity contribution in [1.29, 1.82) is 0 Å². The summed E-state index contributed by atoms with van der Waals surface area (Å²) in [6.07, 6.45) is 0. The second-order valence-corrected chi connectivity index (χ2v) is 30.6. The van der Waals surface area contributed by atoms with Crippen molar-refractivity contribution in [3.8, 4) is 0 Å². The van der Waals surface area contributed by atoms with E-state index in [1.165, 1.54) is 11.5 Å². The summed E-state index contributed by atoms with van der Waals surface area (Å²) in [5.41, 5.74) is 0. The van der Waals surface area contributed by atoms with Gasteiger partial charge in [0.15, 0.2) is 0 Å². The molecular formula is C16H40O2Si4. The fourth-order valence-corrected chi connectivity index (χ4v) is 6.69. The van der Waals surface area contributed by atoms with Crippen molar-refractivity contribution in [2.45, 2.75) is 90.7 Å². The molecule has 0 aromatic heterocycles. The lowest BCUT2D eigenvalue weighted by Crippen LogP contribution is -2.34. The van der Waals surface area contributed by atoms with Crippen LogP contribution in [0.2, 0.25) is 90.7 Å². The van der Waals surface area contributed by atoms with E-state index in [0.29, 0.717) is 0 Å². The molecule has 0 aliphatic heterocycles. The van der Waals surface area contributed by atoms with E-state index < -0.39 is 32.8 Å². The molecule has 0 aliphatic carbocycles. The van der Waals surface area contributed by atoms with Crippen molar-refractivity contribution < 1.29 is 8.85 Å². The monoisotopic (exact) mass is 376 g/mol. The second-order valence-electron chi connectivity index (χ2n) is 10.8. The molecule has 2 nitrogen and oxygen atoms in total. The molecule has 0 spiro atoms. The van der Waals surface area contributed by atoms with Gasteiger partial charge in [-0.15, -0.1) is 0 Å². The minimum Gasteiger partial charge on any atom is -0.545 e. The van der Waals surface area contributed by atoms with Crippen molar-refractivity contribution in [1.82, 2.24) is 0 Å². The van der Waals surface area contributed by atoms with Crippen LogP contribution in [0, 0.1) is 0 Å². The Morgan fingerprint density at radius 1 is 0.500 bits per heavy atom. The molecule has 0 atom stereocenters. The maximum atomic E-state index is 6.54. The zero-order chi connectivity index (χ0) is 18.0. The fourth-order valence-electron chi connectivity index (χ4n) is 2.09. The molecule has 0 aromatic rings. The van der Waals surface area contributed by atoms with Crippen LogP contribution in [0.5, 0.6) is 0 Å². The van der Waals surface area contributed by atoms with Crippen LogP contribution in [0.1, 0.15) is 0 Å². The van der Waals surface area contributed by atoms with Crippen molar-refractivity contribution in [3.63, 3.8) is 0 Å². The average Bonchev–Trinajstić information content (AvgIpc) is 2.05. The SMILES string of the molecule is C[Si](C)(C)C/C(O[Si](C)(C)C)=C(/C[Si](C)(C)C)O[Si](C)(C)C. The third-order valence-electron chi connectivity index (χ3n) is 2.55. The molecule has 0 rings (SSSR count). The largest absolute Gasteiger partial charge is 0.545 e. The molecule has 0 unspecified atom stereocenters. The molecule has 22 heavy (non-hydrogen) atoms. The van der Waals surface area contributed by atoms with Gasteiger partial charge in [-0.3, -0.25) is 0 Å². The lowest BCUT2D eigenvalue weighted by molar-refractivity contribution is 0.342. The summed E-state index contributed by atoms with van der Waals surface area (Å²) in [6.45, 7) is 28.2. The highest BCUT2D eigenvalue weighted by Crippen LogP contribution is 2.31. The minimum absolute atomic E-state index is 1.10. The lowest BCUT2D eigenvalue weighted by Gasteiger charge is -2.33. The summed E-state index contributed by atoms with van der Waals surface area (Å²) >= 11 is 0. The van der Waals surface area contributed by atoms with Crippen LogP contribution in [0.15, 0.2) is 11.5 Å². The van der Waals surface area contributed by atoms with Gasteiger partial charge in [-0.1, -0.05) is 39.3 Å². The summed E-state index contributed by atoms with van der Waals surface area (Å²) in [5.74, 6) is 2.39. The van der Waals surface area contributed by atoms with Gasteiger partial charge in [-0.25, -0.2) is 0 Å². The predicted octanol–water partition coefficient (Wildman–Crippen LogP) is 6.58. The van der Waals surface area contributed by atoms with Gasteiger partial charge in [0.25, 0.3) is 0 Å². The second kappa shape index (κ2) is 7.40. The van der Waals surface area contributed by atoms with E-state index in [9.17, 15) is 0 Å². The van der Waals surface area contributed by atoms with E-state index in [1.54, 1.807) is 0 Å². The van der Waals surface area contributed by atoms with Gasteiger partial charge in [0.05, 0.1) is 16.1 Å². The molecule has 0 saturated heterocycles. The minimum atomic E-state index is -1.62. The van der Waals surface area contributed by atoms with E-state index in [2.05, 4.69) is 78.6 Å². The van der Waals surface area contributed by atoms with Crippen LogP contribution >= 0.6 is 0 Å². The highest BCUT2D eigenvalue weighted by Gasteiger charge is 2.30. The molecular weight excluding hydrogens is 337 g/mol. The quantitative estimate of drug-likeness (QED) is 0.352. The van der Waals surface area contributed by atoms with Crippen molar-refractivity contribution >= 4 is 32.8 Å². The standard InChI is InChI=1S/C16H40O2Si4/c1-19(2,3)13-15(17-21(7,8)9)16(14-20(4,5)6)18-22(10,11)12/h13-14H2,1-12H3/b16-15+. The predicted molar refractivity (Wildman–Crippen MR) is 112 cm³/mol. The van der Waals surface area contributed by atoms with Gasteiger partial charge < -0.3 is 8.85 Å². The average molecular weight is 377 g/mol. The van der Waals surface area contributed by atoms with Crippen LogP contribution in [0.25, 0.3) is 0 Å². The van der Waals surface area contributed by atoms with E-state index in [0.717, 1.165) is 12.1 Å². The summed E-state index contributed by atoms with van der Waals surface area (Å²) in [6, 6.07) is 2.20. The topological polar surface area (TPSA) is 18.5 Å². The van der Waals surface area contributed by atoms with Crippen LogP contribution in [0.3, 0.4) is 0 Å². The molecule has 0 fully saturated rings. The Balaban J connectivity index is 5.81. The first-order valence-electron chi connectivity index (χ1n) is 8.48. The molecule has 0 saturated carbocycles. The fraction of sp³-hybridized carbons (Fsp3) is 0.875. The Morgan fingerprint density at radius 2 is 0.727 bits per heavy atom. The Kier molecular flexibility index (Phi) is 7.47. The first kappa shape index (κ1) is 22.2. The van der Waals surface area contributed by atoms with Crippen LogP contribution in [-0.2, 0) is 8.85 Å². The number of hydrogen-bond acceptors (Lipinski definition) is 2. The zero-order valence-electron chi connectivity index (χ0n) is 17.2. The molecule has 0 amide bonds. The van der Waals surface area contributed by atoms with Crippen molar-refractivity contribution in [2.75, 3.05) is 0 Å². The normalized spacial score (nSPS) is 15.5. The molecule has 0 N–H and O–H groups in total. The smallest absolute Gasteiger partial charge is 0.241 e. The summed E-state index contributed by atoms with van der Waals surface area (Å²) in [4.78, 5) is 0. The van der Waals surface area contributed by atoms with Crippen LogP contribution in [0.4, 0.5) is 0 Å². The Labute approximate surface area is 144 Å². The van der Waals surface area contributed by atoms with Crippen LogP contribution in [-0.4, -0.2) is 32.8 Å². The van der Waals surface area contributed by atoms with Crippen molar-refractivity contribution in [3.05, 3.63) is 11.5 Å².